The van der Waals surface area contributed by atoms with Gasteiger partial charge in [0.2, 0.25) is 0 Å². The van der Waals surface area contributed by atoms with Crippen LogP contribution >= 0.6 is 11.8 Å². The highest BCUT2D eigenvalue weighted by Crippen LogP contribution is 2.21. The van der Waals surface area contributed by atoms with Crippen molar-refractivity contribution in [2.45, 2.75) is 26.4 Å². The second-order valence-corrected chi connectivity index (χ2v) is 5.21. The number of nitrogens with zero attached hydrogens (tertiary/aromatic N) is 2. The van der Waals surface area contributed by atoms with Crippen LogP contribution in [0.3, 0.4) is 0 Å². The van der Waals surface area contributed by atoms with Crippen molar-refractivity contribution in [1.82, 2.24) is 10.3 Å². The van der Waals surface area contributed by atoms with Crippen molar-refractivity contribution >= 4 is 17.6 Å². The molecule has 0 aliphatic heterocycles. The Balaban J connectivity index is 2.88. The van der Waals surface area contributed by atoms with Crippen molar-refractivity contribution in [1.29, 1.82) is 0 Å². The van der Waals surface area contributed by atoms with Gasteiger partial charge in [-0.3, -0.25) is 0 Å². The van der Waals surface area contributed by atoms with E-state index in [9.17, 15) is 4.39 Å². The molecule has 0 radical (unpaired) electrons. The fourth-order valence-electron chi connectivity index (χ4n) is 1.68. The molecule has 1 unspecified atom stereocenters. The number of rotatable bonds is 7. The molecule has 1 atom stereocenters. The summed E-state index contributed by atoms with van der Waals surface area (Å²) in [6, 6.07) is 1.99. The molecular formula is C13H22FN3S. The Morgan fingerprint density at radius 3 is 2.89 bits per heavy atom. The highest BCUT2D eigenvalue weighted by Gasteiger charge is 2.17. The monoisotopic (exact) mass is 271 g/mol. The van der Waals surface area contributed by atoms with Crippen molar-refractivity contribution in [2.24, 2.45) is 0 Å². The van der Waals surface area contributed by atoms with Crippen LogP contribution in [0.5, 0.6) is 0 Å². The molecule has 1 rings (SSSR count). The lowest BCUT2D eigenvalue weighted by atomic mass is 10.2. The third-order valence-electron chi connectivity index (χ3n) is 2.92. The summed E-state index contributed by atoms with van der Waals surface area (Å²) in [6.07, 6.45) is 3.73. The number of nitrogens with one attached hydrogen (secondary N) is 1. The molecule has 0 aliphatic rings. The van der Waals surface area contributed by atoms with E-state index in [4.69, 9.17) is 0 Å². The third-order valence-corrected chi connectivity index (χ3v) is 3.74. The minimum Gasteiger partial charge on any atom is -0.354 e. The molecule has 1 N–H and O–H groups in total. The molecule has 0 bridgehead atoms. The van der Waals surface area contributed by atoms with Crippen LogP contribution in [-0.4, -0.2) is 36.6 Å². The number of hydrogen-bond donors (Lipinski definition) is 1. The van der Waals surface area contributed by atoms with Crippen LogP contribution in [0.15, 0.2) is 12.3 Å². The molecule has 0 saturated heterocycles. The normalized spacial score (nSPS) is 12.5. The molecule has 1 heterocycles. The Kier molecular flexibility index (Phi) is 6.43. The smallest absolute Gasteiger partial charge is 0.170 e. The van der Waals surface area contributed by atoms with E-state index in [1.807, 2.05) is 18.9 Å². The maximum absolute atomic E-state index is 14.3. The van der Waals surface area contributed by atoms with Gasteiger partial charge in [0.1, 0.15) is 0 Å². The van der Waals surface area contributed by atoms with Crippen LogP contribution in [-0.2, 0) is 6.54 Å². The fourth-order valence-corrected chi connectivity index (χ4v) is 2.38. The van der Waals surface area contributed by atoms with E-state index in [0.717, 1.165) is 12.3 Å². The zero-order chi connectivity index (χ0) is 13.5. The van der Waals surface area contributed by atoms with Gasteiger partial charge in [-0.15, -0.1) is 0 Å². The van der Waals surface area contributed by atoms with E-state index in [-0.39, 0.29) is 11.9 Å². The van der Waals surface area contributed by atoms with Crippen LogP contribution in [0.2, 0.25) is 0 Å². The molecule has 102 valence electrons. The van der Waals surface area contributed by atoms with E-state index >= 15 is 0 Å². The van der Waals surface area contributed by atoms with E-state index in [1.54, 1.807) is 24.0 Å². The van der Waals surface area contributed by atoms with Gasteiger partial charge in [-0.25, -0.2) is 9.37 Å². The quantitative estimate of drug-likeness (QED) is 0.825. The first-order chi connectivity index (χ1) is 8.61. The third kappa shape index (κ3) is 3.85. The van der Waals surface area contributed by atoms with E-state index in [2.05, 4.69) is 23.5 Å². The first-order valence-electron chi connectivity index (χ1n) is 6.17. The van der Waals surface area contributed by atoms with Gasteiger partial charge in [0.25, 0.3) is 0 Å². The summed E-state index contributed by atoms with van der Waals surface area (Å²) in [5, 5.41) is 3.14. The zero-order valence-electron chi connectivity index (χ0n) is 11.5. The first kappa shape index (κ1) is 15.2. The van der Waals surface area contributed by atoms with Gasteiger partial charge in [-0.2, -0.15) is 11.8 Å². The Hall–Kier alpha value is -0.810. The minimum absolute atomic E-state index is 0.214. The second-order valence-electron chi connectivity index (χ2n) is 4.30. The predicted molar refractivity (Wildman–Crippen MR) is 77.8 cm³/mol. The molecule has 18 heavy (non-hydrogen) atoms. The van der Waals surface area contributed by atoms with Crippen LogP contribution < -0.4 is 10.2 Å². The van der Waals surface area contributed by atoms with E-state index in [1.165, 1.54) is 0 Å². The van der Waals surface area contributed by atoms with Gasteiger partial charge in [0.05, 0.1) is 0 Å². The molecule has 0 aromatic carbocycles. The highest BCUT2D eigenvalue weighted by atomic mass is 32.2. The molecule has 0 saturated carbocycles. The number of pyridine rings is 1. The molecule has 1 aromatic heterocycles. The first-order valence-corrected chi connectivity index (χ1v) is 7.57. The number of anilines is 1. The van der Waals surface area contributed by atoms with Gasteiger partial charge in [0.15, 0.2) is 11.6 Å². The molecule has 1 aromatic rings. The van der Waals surface area contributed by atoms with Gasteiger partial charge >= 0.3 is 0 Å². The number of thioether (sulfide) groups is 1. The van der Waals surface area contributed by atoms with Crippen molar-refractivity contribution in [3.05, 3.63) is 23.6 Å². The Morgan fingerprint density at radius 2 is 2.28 bits per heavy atom. The molecular weight excluding hydrogens is 249 g/mol. The van der Waals surface area contributed by atoms with Gasteiger partial charge in [-0.05, 0) is 25.8 Å². The van der Waals surface area contributed by atoms with Crippen molar-refractivity contribution in [3.8, 4) is 0 Å². The largest absolute Gasteiger partial charge is 0.354 e. The maximum atomic E-state index is 14.3. The summed E-state index contributed by atoms with van der Waals surface area (Å²) in [6.45, 7) is 5.46. The SMILES string of the molecule is CCNCc1ccnc(N(C)C(C)CSC)c1F. The van der Waals surface area contributed by atoms with E-state index < -0.39 is 0 Å². The summed E-state index contributed by atoms with van der Waals surface area (Å²) in [4.78, 5) is 6.07. The van der Waals surface area contributed by atoms with Crippen molar-refractivity contribution < 1.29 is 4.39 Å². The lowest BCUT2D eigenvalue weighted by Crippen LogP contribution is -2.32. The van der Waals surface area contributed by atoms with Crippen molar-refractivity contribution in [2.75, 3.05) is 30.5 Å². The minimum atomic E-state index is -0.214. The zero-order valence-corrected chi connectivity index (χ0v) is 12.4. The van der Waals surface area contributed by atoms with Gasteiger partial charge in [0, 0.05) is 37.1 Å². The second kappa shape index (κ2) is 7.59. The summed E-state index contributed by atoms with van der Waals surface area (Å²) in [7, 11) is 1.89. The molecule has 0 aliphatic carbocycles. The van der Waals surface area contributed by atoms with Gasteiger partial charge in [-0.1, -0.05) is 6.92 Å². The average molecular weight is 271 g/mol. The lowest BCUT2D eigenvalue weighted by Gasteiger charge is -2.26. The van der Waals surface area contributed by atoms with Crippen LogP contribution in [0, 0.1) is 5.82 Å². The summed E-state index contributed by atoms with van der Waals surface area (Å²) < 4.78 is 14.3. The number of aromatic nitrogens is 1. The Morgan fingerprint density at radius 1 is 1.56 bits per heavy atom. The number of halogens is 1. The van der Waals surface area contributed by atoms with Crippen LogP contribution in [0.1, 0.15) is 19.4 Å². The molecule has 5 heteroatoms. The lowest BCUT2D eigenvalue weighted by molar-refractivity contribution is 0.577. The summed E-state index contributed by atoms with van der Waals surface area (Å²) in [5.41, 5.74) is 0.671. The Bertz CT molecular complexity index is 373. The van der Waals surface area contributed by atoms with Gasteiger partial charge < -0.3 is 10.2 Å². The highest BCUT2D eigenvalue weighted by molar-refractivity contribution is 7.98. The molecule has 3 nitrogen and oxygen atoms in total. The average Bonchev–Trinajstić information content (AvgIpc) is 2.37. The van der Waals surface area contributed by atoms with Crippen molar-refractivity contribution in [3.63, 3.8) is 0 Å². The van der Waals surface area contributed by atoms with Crippen LogP contribution in [0.4, 0.5) is 10.2 Å². The maximum Gasteiger partial charge on any atom is 0.170 e. The fraction of sp³-hybridized carbons (Fsp3) is 0.615. The predicted octanol–water partition coefficient (Wildman–Crippen LogP) is 2.52. The topological polar surface area (TPSA) is 28.2 Å². The number of hydrogen-bond acceptors (Lipinski definition) is 4. The van der Waals surface area contributed by atoms with E-state index in [0.29, 0.717) is 17.9 Å². The molecule has 0 fully saturated rings. The summed E-state index contributed by atoms with van der Waals surface area (Å²) >= 11 is 1.75. The summed E-state index contributed by atoms with van der Waals surface area (Å²) in [5.74, 6) is 1.18. The Labute approximate surface area is 113 Å². The standard InChI is InChI=1S/C13H22FN3S/c1-5-15-8-11-6-7-16-13(12(11)14)17(3)10(2)9-18-4/h6-7,10,15H,5,8-9H2,1-4H3. The van der Waals surface area contributed by atoms with Crippen LogP contribution in [0.25, 0.3) is 0 Å². The molecule has 0 spiro atoms. The molecule has 0 amide bonds.